The van der Waals surface area contributed by atoms with Crippen LogP contribution < -0.4 is 0 Å². The fourth-order valence-corrected chi connectivity index (χ4v) is 2.61. The number of hydrogen-bond acceptors (Lipinski definition) is 3. The van der Waals surface area contributed by atoms with Crippen LogP contribution in [0.15, 0.2) is 48.5 Å². The summed E-state index contributed by atoms with van der Waals surface area (Å²) in [5.41, 5.74) is 2.25. The van der Waals surface area contributed by atoms with Crippen LogP contribution in [0.25, 0.3) is 0 Å². The summed E-state index contributed by atoms with van der Waals surface area (Å²) in [5, 5.41) is 19.0. The Hall–Kier alpha value is -2.33. The molecule has 0 fully saturated rings. The van der Waals surface area contributed by atoms with E-state index in [4.69, 9.17) is 0 Å². The molecule has 4 heteroatoms. The number of carbonyl (C=O) groups is 1. The molecule has 1 amide bonds. The lowest BCUT2D eigenvalue weighted by Crippen LogP contribution is -2.32. The zero-order valence-corrected chi connectivity index (χ0v) is 12.9. The Morgan fingerprint density at radius 3 is 2.45 bits per heavy atom. The minimum atomic E-state index is -0.207. The lowest BCUT2D eigenvalue weighted by Gasteiger charge is -2.28. The molecule has 22 heavy (non-hydrogen) atoms. The van der Waals surface area contributed by atoms with Crippen molar-refractivity contribution in [3.8, 4) is 5.75 Å². The number of hydrogen-bond donors (Lipinski definition) is 2. The van der Waals surface area contributed by atoms with Crippen molar-refractivity contribution in [2.45, 2.75) is 19.4 Å². The molecule has 2 aromatic rings. The SMILES string of the molecule is Cc1cc(O)cc(C(=O)N(C)[C@@H](CCO)c2ccccc2)c1. The van der Waals surface area contributed by atoms with Crippen LogP contribution >= 0.6 is 0 Å². The van der Waals surface area contributed by atoms with Crippen molar-refractivity contribution in [2.75, 3.05) is 13.7 Å². The molecule has 116 valence electrons. The van der Waals surface area contributed by atoms with Gasteiger partial charge in [-0.3, -0.25) is 4.79 Å². The monoisotopic (exact) mass is 299 g/mol. The Balaban J connectivity index is 2.30. The van der Waals surface area contributed by atoms with E-state index in [2.05, 4.69) is 0 Å². The molecule has 1 atom stereocenters. The van der Waals surface area contributed by atoms with E-state index in [0.717, 1.165) is 11.1 Å². The molecule has 0 heterocycles. The molecule has 0 radical (unpaired) electrons. The average molecular weight is 299 g/mol. The molecule has 0 aliphatic rings. The van der Waals surface area contributed by atoms with E-state index in [0.29, 0.717) is 12.0 Å². The van der Waals surface area contributed by atoms with Gasteiger partial charge >= 0.3 is 0 Å². The first-order valence-electron chi connectivity index (χ1n) is 7.26. The van der Waals surface area contributed by atoms with Crippen LogP contribution in [0, 0.1) is 6.92 Å². The normalized spacial score (nSPS) is 12.0. The number of rotatable bonds is 5. The van der Waals surface area contributed by atoms with Crippen LogP contribution in [0.1, 0.15) is 33.9 Å². The number of aromatic hydroxyl groups is 1. The number of aryl methyl sites for hydroxylation is 1. The van der Waals surface area contributed by atoms with Crippen molar-refractivity contribution >= 4 is 5.91 Å². The third-order valence-electron chi connectivity index (χ3n) is 3.68. The van der Waals surface area contributed by atoms with Crippen LogP contribution in [0.5, 0.6) is 5.75 Å². The van der Waals surface area contributed by atoms with Crippen LogP contribution in [-0.2, 0) is 0 Å². The largest absolute Gasteiger partial charge is 0.508 e. The summed E-state index contributed by atoms with van der Waals surface area (Å²) in [7, 11) is 1.72. The predicted molar refractivity (Wildman–Crippen MR) is 85.8 cm³/mol. The fraction of sp³-hybridized carbons (Fsp3) is 0.278. The van der Waals surface area contributed by atoms with Gasteiger partial charge in [-0.2, -0.15) is 0 Å². The molecule has 0 saturated carbocycles. The van der Waals surface area contributed by atoms with E-state index in [9.17, 15) is 15.0 Å². The molecule has 0 aliphatic heterocycles. The van der Waals surface area contributed by atoms with Gasteiger partial charge < -0.3 is 15.1 Å². The number of nitrogens with zero attached hydrogens (tertiary/aromatic N) is 1. The van der Waals surface area contributed by atoms with Crippen LogP contribution in [-0.4, -0.2) is 34.7 Å². The molecule has 4 nitrogen and oxygen atoms in total. The summed E-state index contributed by atoms with van der Waals surface area (Å²) in [4.78, 5) is 14.3. The van der Waals surface area contributed by atoms with Crippen molar-refractivity contribution in [1.82, 2.24) is 4.90 Å². The standard InChI is InChI=1S/C18H21NO3/c1-13-10-15(12-16(21)11-13)18(22)19(2)17(8-9-20)14-6-4-3-5-7-14/h3-7,10-12,17,20-21H,8-9H2,1-2H3/t17-/m0/s1. The van der Waals surface area contributed by atoms with E-state index in [1.807, 2.05) is 37.3 Å². The molecule has 0 bridgehead atoms. The molecule has 2 rings (SSSR count). The van der Waals surface area contributed by atoms with Gasteiger partial charge in [0.05, 0.1) is 6.04 Å². The first kappa shape index (κ1) is 16.0. The van der Waals surface area contributed by atoms with Gasteiger partial charge in [-0.15, -0.1) is 0 Å². The molecule has 0 aromatic heterocycles. The van der Waals surface area contributed by atoms with Crippen LogP contribution in [0.3, 0.4) is 0 Å². The Bertz CT molecular complexity index is 620. The molecule has 2 N–H and O–H groups in total. The first-order valence-corrected chi connectivity index (χ1v) is 7.26. The molecule has 2 aromatic carbocycles. The lowest BCUT2D eigenvalue weighted by atomic mass is 10.0. The van der Waals surface area contributed by atoms with Gasteiger partial charge in [0.2, 0.25) is 0 Å². The third-order valence-corrected chi connectivity index (χ3v) is 3.68. The molecule has 0 unspecified atom stereocenters. The Kier molecular flexibility index (Phi) is 5.17. The molecular weight excluding hydrogens is 278 g/mol. The van der Waals surface area contributed by atoms with Gasteiger partial charge in [-0.05, 0) is 42.7 Å². The predicted octanol–water partition coefficient (Wildman–Crippen LogP) is 2.90. The molecule has 0 saturated heterocycles. The smallest absolute Gasteiger partial charge is 0.254 e. The number of phenols is 1. The quantitative estimate of drug-likeness (QED) is 0.892. The highest BCUT2D eigenvalue weighted by atomic mass is 16.3. The van der Waals surface area contributed by atoms with Gasteiger partial charge in [-0.1, -0.05) is 30.3 Å². The number of carbonyl (C=O) groups excluding carboxylic acids is 1. The lowest BCUT2D eigenvalue weighted by molar-refractivity contribution is 0.0704. The topological polar surface area (TPSA) is 60.8 Å². The van der Waals surface area contributed by atoms with Gasteiger partial charge in [0, 0.05) is 19.2 Å². The maximum absolute atomic E-state index is 12.7. The summed E-state index contributed by atoms with van der Waals surface area (Å²) < 4.78 is 0. The first-order chi connectivity index (χ1) is 10.5. The highest BCUT2D eigenvalue weighted by Crippen LogP contribution is 2.25. The van der Waals surface area contributed by atoms with E-state index >= 15 is 0 Å². The highest BCUT2D eigenvalue weighted by molar-refractivity contribution is 5.95. The zero-order chi connectivity index (χ0) is 16.1. The molecule has 0 spiro atoms. The van der Waals surface area contributed by atoms with Crippen molar-refractivity contribution < 1.29 is 15.0 Å². The van der Waals surface area contributed by atoms with Crippen LogP contribution in [0.4, 0.5) is 0 Å². The summed E-state index contributed by atoms with van der Waals surface area (Å²) in [5.74, 6) is -0.100. The second-order valence-electron chi connectivity index (χ2n) is 5.41. The number of phenolic OH excluding ortho intramolecular Hbond substituents is 1. The van der Waals surface area contributed by atoms with Crippen molar-refractivity contribution in [2.24, 2.45) is 0 Å². The Morgan fingerprint density at radius 2 is 1.86 bits per heavy atom. The minimum absolute atomic E-state index is 0.00372. The number of amides is 1. The number of aliphatic hydroxyl groups is 1. The van der Waals surface area contributed by atoms with E-state index in [1.165, 1.54) is 6.07 Å². The fourth-order valence-electron chi connectivity index (χ4n) is 2.61. The van der Waals surface area contributed by atoms with Crippen molar-refractivity contribution in [1.29, 1.82) is 0 Å². The highest BCUT2D eigenvalue weighted by Gasteiger charge is 2.22. The van der Waals surface area contributed by atoms with Gasteiger partial charge in [0.25, 0.3) is 5.91 Å². The number of aliphatic hydroxyl groups excluding tert-OH is 1. The second kappa shape index (κ2) is 7.09. The summed E-state index contributed by atoms with van der Waals surface area (Å²) in [6.07, 6.45) is 0.462. The third kappa shape index (κ3) is 3.65. The van der Waals surface area contributed by atoms with Gasteiger partial charge in [0.15, 0.2) is 0 Å². The summed E-state index contributed by atoms with van der Waals surface area (Å²) in [6, 6.07) is 14.2. The van der Waals surface area contributed by atoms with E-state index < -0.39 is 0 Å². The van der Waals surface area contributed by atoms with Gasteiger partial charge in [-0.25, -0.2) is 0 Å². The van der Waals surface area contributed by atoms with Crippen molar-refractivity contribution in [3.63, 3.8) is 0 Å². The molecular formula is C18H21NO3. The minimum Gasteiger partial charge on any atom is -0.508 e. The average Bonchev–Trinajstić information content (AvgIpc) is 2.51. The zero-order valence-electron chi connectivity index (χ0n) is 12.9. The summed E-state index contributed by atoms with van der Waals surface area (Å²) in [6.45, 7) is 1.83. The maximum atomic E-state index is 12.7. The van der Waals surface area contributed by atoms with E-state index in [-0.39, 0.29) is 24.3 Å². The van der Waals surface area contributed by atoms with Crippen molar-refractivity contribution in [3.05, 3.63) is 65.2 Å². The Labute approximate surface area is 130 Å². The van der Waals surface area contributed by atoms with Gasteiger partial charge in [0.1, 0.15) is 5.75 Å². The summed E-state index contributed by atoms with van der Waals surface area (Å²) >= 11 is 0. The maximum Gasteiger partial charge on any atom is 0.254 e. The number of benzene rings is 2. The second-order valence-corrected chi connectivity index (χ2v) is 5.41. The van der Waals surface area contributed by atoms with Crippen LogP contribution in [0.2, 0.25) is 0 Å². The Morgan fingerprint density at radius 1 is 1.18 bits per heavy atom. The van der Waals surface area contributed by atoms with E-state index in [1.54, 1.807) is 24.1 Å². The molecule has 0 aliphatic carbocycles.